The lowest BCUT2D eigenvalue weighted by atomic mass is 9.86. The first-order valence-electron chi connectivity index (χ1n) is 16.2. The van der Waals surface area contributed by atoms with Crippen LogP contribution in [-0.4, -0.2) is 95.6 Å². The minimum absolute atomic E-state index is 0.0577. The van der Waals surface area contributed by atoms with Crippen LogP contribution in [0.1, 0.15) is 49.7 Å². The number of nitrogens with one attached hydrogen (secondary N) is 2. The van der Waals surface area contributed by atoms with Gasteiger partial charge in [-0.05, 0) is 74.2 Å². The summed E-state index contributed by atoms with van der Waals surface area (Å²) in [5.74, 6) is -2.98. The maximum absolute atomic E-state index is 14.2. The number of carbonyl (C=O) groups is 3. The summed E-state index contributed by atoms with van der Waals surface area (Å²) in [5, 5.41) is 4.94. The Bertz CT molecular complexity index is 1730. The minimum atomic E-state index is -3.50. The van der Waals surface area contributed by atoms with Crippen LogP contribution in [0.2, 0.25) is 0 Å². The zero-order chi connectivity index (χ0) is 40.8. The van der Waals surface area contributed by atoms with Crippen molar-refractivity contribution in [2.75, 3.05) is 39.1 Å². The SMILES string of the molecule is CC(=CCOC(=O)OCC=C(C)C[C@H](c1ccc(S(C)(=O)=O)cc1)[C@@H](CF)NC(=O)C(Cl)Cl)C[C@H](c1ccc(S(C)(=O)=O)cc1)[C@@H](CF)NC(=O)C(Cl)Cl. The quantitative estimate of drug-likeness (QED) is 0.0838. The Labute approximate surface area is 334 Å². The van der Waals surface area contributed by atoms with Gasteiger partial charge in [-0.25, -0.2) is 30.4 Å². The fourth-order valence-corrected chi connectivity index (χ4v) is 6.81. The highest BCUT2D eigenvalue weighted by Crippen LogP contribution is 2.31. The molecule has 2 aromatic carbocycles. The Balaban J connectivity index is 2.12. The number of rotatable bonds is 20. The fourth-order valence-electron chi connectivity index (χ4n) is 5.30. The summed E-state index contributed by atoms with van der Waals surface area (Å²) in [4.78, 5) is 34.0. The van der Waals surface area contributed by atoms with Gasteiger partial charge in [-0.3, -0.25) is 9.59 Å². The highest BCUT2D eigenvalue weighted by molar-refractivity contribution is 7.91. The van der Waals surface area contributed by atoms with Gasteiger partial charge in [0, 0.05) is 24.3 Å². The monoisotopic (exact) mass is 876 g/mol. The average Bonchev–Trinajstić information content (AvgIpc) is 3.10. The molecule has 0 radical (unpaired) electrons. The van der Waals surface area contributed by atoms with Crippen LogP contribution in [0.25, 0.3) is 0 Å². The molecule has 0 saturated carbocycles. The first-order chi connectivity index (χ1) is 25.2. The van der Waals surface area contributed by atoms with Gasteiger partial charge in [0.05, 0.1) is 21.9 Å². The van der Waals surface area contributed by atoms with Crippen LogP contribution in [0.5, 0.6) is 0 Å². The summed E-state index contributed by atoms with van der Waals surface area (Å²) in [6.07, 6.45) is 4.53. The van der Waals surface area contributed by atoms with Crippen molar-refractivity contribution in [1.29, 1.82) is 0 Å². The summed E-state index contributed by atoms with van der Waals surface area (Å²) in [6, 6.07) is 9.43. The number of hydrogen-bond donors (Lipinski definition) is 2. The molecule has 0 fully saturated rings. The summed E-state index contributed by atoms with van der Waals surface area (Å²) in [5.41, 5.74) is 2.32. The second-order valence-electron chi connectivity index (χ2n) is 12.4. The van der Waals surface area contributed by atoms with E-state index in [4.69, 9.17) is 55.9 Å². The first-order valence-corrected chi connectivity index (χ1v) is 21.7. The number of benzene rings is 2. The molecule has 2 amide bonds. The van der Waals surface area contributed by atoms with Gasteiger partial charge in [0.1, 0.15) is 26.6 Å². The molecule has 0 aliphatic heterocycles. The average molecular weight is 879 g/mol. The summed E-state index contributed by atoms with van der Waals surface area (Å²) < 4.78 is 86.5. The maximum Gasteiger partial charge on any atom is 0.508 e. The molecule has 0 aromatic heterocycles. The lowest BCUT2D eigenvalue weighted by Crippen LogP contribution is -2.43. The van der Waals surface area contributed by atoms with Gasteiger partial charge in [-0.1, -0.05) is 81.8 Å². The summed E-state index contributed by atoms with van der Waals surface area (Å²) in [7, 11) is -6.99. The molecule has 4 atom stereocenters. The molecule has 0 saturated heterocycles. The lowest BCUT2D eigenvalue weighted by molar-refractivity contribution is -0.121. The number of ether oxygens (including phenoxy) is 2. The van der Waals surface area contributed by atoms with Gasteiger partial charge >= 0.3 is 6.16 Å². The normalized spacial score (nSPS) is 15.0. The Morgan fingerprint density at radius 2 is 0.963 bits per heavy atom. The highest BCUT2D eigenvalue weighted by atomic mass is 35.5. The Morgan fingerprint density at radius 3 is 1.22 bits per heavy atom. The third kappa shape index (κ3) is 15.7. The van der Waals surface area contributed by atoms with E-state index in [1.807, 2.05) is 0 Å². The minimum Gasteiger partial charge on any atom is -0.430 e. The van der Waals surface area contributed by atoms with Crippen molar-refractivity contribution in [3.63, 3.8) is 0 Å². The van der Waals surface area contributed by atoms with Crippen molar-refractivity contribution in [3.8, 4) is 0 Å². The van der Waals surface area contributed by atoms with Gasteiger partial charge < -0.3 is 20.1 Å². The summed E-state index contributed by atoms with van der Waals surface area (Å²) in [6.45, 7) is 0.955. The van der Waals surface area contributed by atoms with E-state index >= 15 is 0 Å². The third-order valence-corrected chi connectivity index (χ3v) is 11.2. The van der Waals surface area contributed by atoms with Crippen LogP contribution in [-0.2, 0) is 38.7 Å². The maximum atomic E-state index is 14.2. The standard InChI is InChI=1S/C35H42Cl4F2N2O9S2/c1-21(17-27(29(19-40)42-33(44)31(36)37)23-5-9-25(10-6-23)53(3,47)48)13-15-51-35(46)52-16-14-22(2)18-28(30(20-41)43-34(45)32(38)39)24-7-11-26(12-8-24)54(4,49)50/h5-14,27-32H,15-20H2,1-4H3,(H,42,44)(H,43,45)/t27-,28-,29-,30-/m1/s1. The molecular formula is C35H42Cl4F2N2O9S2. The molecule has 0 unspecified atom stereocenters. The second-order valence-corrected chi connectivity index (χ2v) is 18.6. The van der Waals surface area contributed by atoms with E-state index in [9.17, 15) is 40.0 Å². The number of sulfone groups is 2. The van der Waals surface area contributed by atoms with E-state index < -0.39 is 84.6 Å². The van der Waals surface area contributed by atoms with Crippen molar-refractivity contribution < 1.29 is 49.5 Å². The number of amides is 2. The topological polar surface area (TPSA) is 162 Å². The number of alkyl halides is 6. The molecule has 300 valence electrons. The molecule has 0 aliphatic rings. The fraction of sp³-hybridized carbons (Fsp3) is 0.457. The Kier molecular flexibility index (Phi) is 19.2. The first kappa shape index (κ1) is 47.2. The van der Waals surface area contributed by atoms with Crippen LogP contribution in [0.3, 0.4) is 0 Å². The number of carbonyl (C=O) groups excluding carboxylic acids is 3. The molecule has 0 aliphatic carbocycles. The molecule has 19 heteroatoms. The summed E-state index contributed by atoms with van der Waals surface area (Å²) >= 11 is 22.6. The highest BCUT2D eigenvalue weighted by Gasteiger charge is 2.29. The zero-order valence-corrected chi connectivity index (χ0v) is 34.4. The molecule has 0 spiro atoms. The smallest absolute Gasteiger partial charge is 0.430 e. The van der Waals surface area contributed by atoms with E-state index in [0.717, 1.165) is 12.5 Å². The Morgan fingerprint density at radius 1 is 0.648 bits per heavy atom. The van der Waals surface area contributed by atoms with E-state index in [-0.39, 0.29) is 35.8 Å². The van der Waals surface area contributed by atoms with Crippen molar-refractivity contribution in [1.82, 2.24) is 10.6 Å². The zero-order valence-electron chi connectivity index (χ0n) is 29.7. The van der Waals surface area contributed by atoms with Crippen LogP contribution >= 0.6 is 46.4 Å². The molecule has 0 heterocycles. The lowest BCUT2D eigenvalue weighted by Gasteiger charge is -2.27. The number of allylic oxidation sites excluding steroid dienone is 2. The predicted molar refractivity (Wildman–Crippen MR) is 205 cm³/mol. The number of hydrogen-bond acceptors (Lipinski definition) is 9. The van der Waals surface area contributed by atoms with E-state index in [1.165, 1.54) is 48.5 Å². The third-order valence-electron chi connectivity index (χ3n) is 8.18. The molecule has 11 nitrogen and oxygen atoms in total. The van der Waals surface area contributed by atoms with E-state index in [1.54, 1.807) is 26.0 Å². The van der Waals surface area contributed by atoms with Gasteiger partial charge in [0.15, 0.2) is 29.3 Å². The predicted octanol–water partition coefficient (Wildman–Crippen LogP) is 6.70. The number of halogens is 6. The van der Waals surface area contributed by atoms with Crippen LogP contribution < -0.4 is 10.6 Å². The van der Waals surface area contributed by atoms with Crippen molar-refractivity contribution >= 4 is 84.0 Å². The molecule has 54 heavy (non-hydrogen) atoms. The van der Waals surface area contributed by atoms with Gasteiger partial charge in [-0.2, -0.15) is 0 Å². The molecule has 2 rings (SSSR count). The molecule has 2 N–H and O–H groups in total. The largest absolute Gasteiger partial charge is 0.508 e. The van der Waals surface area contributed by atoms with Crippen LogP contribution in [0.15, 0.2) is 81.6 Å². The van der Waals surface area contributed by atoms with Gasteiger partial charge in [-0.15, -0.1) is 0 Å². The van der Waals surface area contributed by atoms with E-state index in [0.29, 0.717) is 22.3 Å². The molecule has 2 aromatic rings. The van der Waals surface area contributed by atoms with Gasteiger partial charge in [0.2, 0.25) is 0 Å². The molecular weight excluding hydrogens is 836 g/mol. The van der Waals surface area contributed by atoms with Crippen LogP contribution in [0, 0.1) is 0 Å². The van der Waals surface area contributed by atoms with Crippen LogP contribution in [0.4, 0.5) is 13.6 Å². The van der Waals surface area contributed by atoms with Crippen molar-refractivity contribution in [2.24, 2.45) is 0 Å². The van der Waals surface area contributed by atoms with Crippen molar-refractivity contribution in [2.45, 2.75) is 70.1 Å². The van der Waals surface area contributed by atoms with Gasteiger partial charge in [0.25, 0.3) is 11.8 Å². The second kappa shape index (κ2) is 22.0. The Hall–Kier alpha value is -2.95. The van der Waals surface area contributed by atoms with E-state index in [2.05, 4.69) is 10.6 Å². The molecule has 0 bridgehead atoms. The van der Waals surface area contributed by atoms with Crippen molar-refractivity contribution in [3.05, 3.63) is 83.0 Å².